The number of carbonyl (C=O) groups is 1. The van der Waals surface area contributed by atoms with Crippen molar-refractivity contribution in [1.29, 1.82) is 0 Å². The first-order valence-corrected chi connectivity index (χ1v) is 15.4. The van der Waals surface area contributed by atoms with Crippen LogP contribution in [0.15, 0.2) is 82.6 Å². The molecule has 216 valence electrons. The Morgan fingerprint density at radius 3 is 2.37 bits per heavy atom. The van der Waals surface area contributed by atoms with Crippen LogP contribution < -0.4 is 25.8 Å². The molecule has 0 aliphatic carbocycles. The second-order valence-electron chi connectivity index (χ2n) is 9.16. The average molecular weight is 596 g/mol. The lowest BCUT2D eigenvalue weighted by Gasteiger charge is -2.32. The number of hydrogen-bond donors (Lipinski definition) is 5. The fourth-order valence-corrected chi connectivity index (χ4v) is 7.11. The molecule has 12 heteroatoms. The van der Waals surface area contributed by atoms with Gasteiger partial charge in [-0.25, -0.2) is 0 Å². The zero-order valence-electron chi connectivity index (χ0n) is 23.1. The van der Waals surface area contributed by atoms with Gasteiger partial charge in [0.25, 0.3) is 10.1 Å². The molecule has 0 heterocycles. The summed E-state index contributed by atoms with van der Waals surface area (Å²) in [6.45, 7) is 6.28. The molecule has 0 bridgehead atoms. The van der Waals surface area contributed by atoms with Crippen LogP contribution in [0.4, 0.5) is 28.4 Å². The molecule has 0 aliphatic rings. The summed E-state index contributed by atoms with van der Waals surface area (Å²) in [6, 6.07) is 21.1. The average Bonchev–Trinajstić information content (AvgIpc) is 2.92. The van der Waals surface area contributed by atoms with Crippen molar-refractivity contribution in [3.8, 4) is 5.75 Å². The van der Waals surface area contributed by atoms with E-state index in [1.165, 1.54) is 13.0 Å². The number of hydrazine groups is 1. The first-order chi connectivity index (χ1) is 19.4. The first-order valence-electron chi connectivity index (χ1n) is 12.7. The number of anilines is 5. The Balaban J connectivity index is 1.73. The van der Waals surface area contributed by atoms with Crippen LogP contribution in [-0.4, -0.2) is 42.9 Å². The molecule has 0 radical (unpaired) electrons. The molecule has 0 fully saturated rings. The number of aromatic hydroxyl groups is 1. The van der Waals surface area contributed by atoms with Crippen molar-refractivity contribution < 1.29 is 22.9 Å². The number of amides is 1. The normalized spacial score (nSPS) is 12.2. The molecule has 4 rings (SSSR count). The zero-order chi connectivity index (χ0) is 29.9. The summed E-state index contributed by atoms with van der Waals surface area (Å²) < 4.78 is 35.1. The Bertz CT molecular complexity index is 1740. The van der Waals surface area contributed by atoms with Crippen molar-refractivity contribution in [1.82, 2.24) is 0 Å². The number of phenols is 1. The Hall–Kier alpha value is -4.26. The van der Waals surface area contributed by atoms with Crippen LogP contribution in [-0.2, 0) is 14.9 Å². The van der Waals surface area contributed by atoms with Crippen molar-refractivity contribution in [2.24, 2.45) is 0 Å². The molecular weight excluding hydrogens is 562 g/mol. The maximum absolute atomic E-state index is 11.7. The molecule has 0 aliphatic heterocycles. The third-order valence-corrected chi connectivity index (χ3v) is 9.37. The van der Waals surface area contributed by atoms with E-state index in [2.05, 4.69) is 27.3 Å². The number of rotatable bonds is 9. The number of para-hydroxylation sites is 1. The molecule has 41 heavy (non-hydrogen) atoms. The Morgan fingerprint density at radius 1 is 1.07 bits per heavy atom. The highest BCUT2D eigenvalue weighted by Gasteiger charge is 2.20. The number of fused-ring (bicyclic) bond motifs is 1. The lowest BCUT2D eigenvalue weighted by molar-refractivity contribution is -0.114. The zero-order valence-corrected chi connectivity index (χ0v) is 24.8. The highest BCUT2D eigenvalue weighted by Crippen LogP contribution is 2.42. The summed E-state index contributed by atoms with van der Waals surface area (Å²) in [6.07, 6.45) is 0. The van der Waals surface area contributed by atoms with E-state index in [-0.39, 0.29) is 11.7 Å². The van der Waals surface area contributed by atoms with Crippen LogP contribution >= 0.6 is 10.7 Å². The number of nitrogen functional groups attached to an aromatic ring is 1. The topological polar surface area (TPSA) is 148 Å². The standard InChI is InChI=1S/C29H33N5O5S2/c1-5-34(22-14-12-21(13-15-22)31-19(3)35)40(6-2)27-10-8-7-9-25(27)33(4)32-29-24(30)16-11-20-17-23(41(37,38)39)18-26(36)28(20)29/h6-18,32,36H,5,30H2,1-4H3,(H,31,35)(H,37,38,39). The number of nitrogens with zero attached hydrogens (tertiary/aromatic N) is 2. The molecule has 4 aromatic rings. The summed E-state index contributed by atoms with van der Waals surface area (Å²) in [5, 5.41) is 18.2. The van der Waals surface area contributed by atoms with E-state index in [1.54, 1.807) is 17.1 Å². The molecule has 10 nitrogen and oxygen atoms in total. The minimum atomic E-state index is -4.51. The summed E-state index contributed by atoms with van der Waals surface area (Å²) in [5.41, 5.74) is 12.9. The smallest absolute Gasteiger partial charge is 0.294 e. The highest BCUT2D eigenvalue weighted by molar-refractivity contribution is 8.16. The lowest BCUT2D eigenvalue weighted by Crippen LogP contribution is -2.27. The van der Waals surface area contributed by atoms with Gasteiger partial charge in [0.15, 0.2) is 0 Å². The number of nitrogens with two attached hydrogens (primary N) is 1. The van der Waals surface area contributed by atoms with E-state index in [1.807, 2.05) is 62.5 Å². The van der Waals surface area contributed by atoms with E-state index < -0.39 is 25.7 Å². The van der Waals surface area contributed by atoms with Gasteiger partial charge in [-0.15, -0.1) is 0 Å². The van der Waals surface area contributed by atoms with E-state index in [0.717, 1.165) is 34.6 Å². The van der Waals surface area contributed by atoms with Crippen molar-refractivity contribution in [3.63, 3.8) is 0 Å². The van der Waals surface area contributed by atoms with Crippen LogP contribution in [0, 0.1) is 0 Å². The minimum Gasteiger partial charge on any atom is -0.507 e. The molecular formula is C29H33N5O5S2. The van der Waals surface area contributed by atoms with Gasteiger partial charge in [0.1, 0.15) is 5.75 Å². The number of carbonyl (C=O) groups excluding carboxylic acids is 1. The van der Waals surface area contributed by atoms with E-state index in [9.17, 15) is 22.9 Å². The Kier molecular flexibility index (Phi) is 8.76. The summed E-state index contributed by atoms with van der Waals surface area (Å²) in [5.74, 6) is -0.469. The van der Waals surface area contributed by atoms with Gasteiger partial charge in [-0.1, -0.05) is 28.9 Å². The molecule has 4 aromatic carbocycles. The van der Waals surface area contributed by atoms with Crippen molar-refractivity contribution in [3.05, 3.63) is 72.8 Å². The monoisotopic (exact) mass is 595 g/mol. The van der Waals surface area contributed by atoms with Crippen LogP contribution in [0.5, 0.6) is 5.75 Å². The molecule has 0 aromatic heterocycles. The Labute approximate surface area is 242 Å². The summed E-state index contributed by atoms with van der Waals surface area (Å²) in [4.78, 5) is 12.0. The van der Waals surface area contributed by atoms with Gasteiger partial charge in [-0.2, -0.15) is 8.42 Å². The van der Waals surface area contributed by atoms with Crippen LogP contribution in [0.2, 0.25) is 0 Å². The van der Waals surface area contributed by atoms with Gasteiger partial charge in [-0.05, 0) is 73.1 Å². The van der Waals surface area contributed by atoms with Crippen molar-refractivity contribution in [2.45, 2.75) is 30.6 Å². The second kappa shape index (κ2) is 12.1. The maximum atomic E-state index is 11.7. The second-order valence-corrected chi connectivity index (χ2v) is 12.6. The summed E-state index contributed by atoms with van der Waals surface area (Å²) >= 11 is 0. The number of benzene rings is 4. The molecule has 0 saturated heterocycles. The van der Waals surface area contributed by atoms with Gasteiger partial charge in [-0.3, -0.25) is 19.8 Å². The molecule has 6 N–H and O–H groups in total. The van der Waals surface area contributed by atoms with Gasteiger partial charge in [0.2, 0.25) is 5.91 Å². The minimum absolute atomic E-state index is 0.129. The highest BCUT2D eigenvalue weighted by atomic mass is 32.2. The predicted molar refractivity (Wildman–Crippen MR) is 170 cm³/mol. The molecule has 1 atom stereocenters. The third kappa shape index (κ3) is 6.40. The van der Waals surface area contributed by atoms with Crippen LogP contribution in [0.3, 0.4) is 0 Å². The summed E-state index contributed by atoms with van der Waals surface area (Å²) in [7, 11) is -3.16. The van der Waals surface area contributed by atoms with Gasteiger partial charge < -0.3 is 20.5 Å². The van der Waals surface area contributed by atoms with E-state index in [4.69, 9.17) is 5.73 Å². The molecule has 1 amide bonds. The van der Waals surface area contributed by atoms with E-state index in [0.29, 0.717) is 22.1 Å². The van der Waals surface area contributed by atoms with E-state index >= 15 is 0 Å². The van der Waals surface area contributed by atoms with Gasteiger partial charge in [0.05, 0.1) is 27.3 Å². The Morgan fingerprint density at radius 2 is 1.76 bits per heavy atom. The molecule has 0 spiro atoms. The maximum Gasteiger partial charge on any atom is 0.294 e. The van der Waals surface area contributed by atoms with Crippen molar-refractivity contribution in [2.75, 3.05) is 39.4 Å². The largest absolute Gasteiger partial charge is 0.507 e. The van der Waals surface area contributed by atoms with Crippen molar-refractivity contribution >= 4 is 71.3 Å². The van der Waals surface area contributed by atoms with Gasteiger partial charge >= 0.3 is 0 Å². The fourth-order valence-electron chi connectivity index (χ4n) is 4.56. The first kappa shape index (κ1) is 29.7. The number of nitrogens with one attached hydrogen (secondary N) is 2. The lowest BCUT2D eigenvalue weighted by atomic mass is 10.1. The number of phenolic OH excluding ortho intramolecular Hbond substituents is 1. The number of hydrogen-bond acceptors (Lipinski definition) is 8. The quantitative estimate of drug-likeness (QED) is 0.0712. The predicted octanol–water partition coefficient (Wildman–Crippen LogP) is 5.69. The molecule has 0 saturated carbocycles. The molecule has 1 unspecified atom stereocenters. The fraction of sp³-hybridized carbons (Fsp3) is 0.172. The van der Waals surface area contributed by atoms with Crippen LogP contribution in [0.1, 0.15) is 20.8 Å². The third-order valence-electron chi connectivity index (χ3n) is 6.36. The SMILES string of the molecule is C/C=S(/c1ccccc1N(C)Nc1c(N)ccc2cc(S(=O)(=O)O)cc(O)c12)N(CC)c1ccc(NC(C)=O)cc1. The van der Waals surface area contributed by atoms with Gasteiger partial charge in [0, 0.05) is 42.9 Å². The van der Waals surface area contributed by atoms with Crippen LogP contribution in [0.25, 0.3) is 10.8 Å².